The summed E-state index contributed by atoms with van der Waals surface area (Å²) in [5.41, 5.74) is 4.88. The summed E-state index contributed by atoms with van der Waals surface area (Å²) in [5, 5.41) is 18.3. The summed E-state index contributed by atoms with van der Waals surface area (Å²) in [6.45, 7) is 0.297. The second-order valence-corrected chi connectivity index (χ2v) is 6.11. The highest BCUT2D eigenvalue weighted by atomic mass is 31.2. The SMILES string of the molecule is N=C(c1cccc([N+](=O)[O-])c1)[P+](O)(O)CCCN. The van der Waals surface area contributed by atoms with Crippen molar-refractivity contribution in [2.24, 2.45) is 5.73 Å². The molecule has 0 aliphatic rings. The fourth-order valence-corrected chi connectivity index (χ4v) is 2.80. The lowest BCUT2D eigenvalue weighted by Crippen LogP contribution is -2.13. The molecule has 0 aliphatic heterocycles. The lowest BCUT2D eigenvalue weighted by molar-refractivity contribution is -0.384. The molecule has 0 unspecified atom stereocenters. The minimum Gasteiger partial charge on any atom is -0.330 e. The molecule has 1 aromatic rings. The van der Waals surface area contributed by atoms with Gasteiger partial charge in [-0.25, -0.2) is 9.79 Å². The minimum atomic E-state index is -3.54. The molecule has 0 amide bonds. The first-order valence-electron chi connectivity index (χ1n) is 5.26. The van der Waals surface area contributed by atoms with E-state index in [2.05, 4.69) is 0 Å². The smallest absolute Gasteiger partial charge is 0.318 e. The summed E-state index contributed by atoms with van der Waals surface area (Å²) in [6.07, 6.45) is 0.406. The molecule has 1 rings (SSSR count). The zero-order valence-electron chi connectivity index (χ0n) is 9.61. The number of benzene rings is 1. The van der Waals surface area contributed by atoms with Crippen molar-refractivity contribution in [3.8, 4) is 0 Å². The van der Waals surface area contributed by atoms with Gasteiger partial charge in [0.15, 0.2) is 0 Å². The molecule has 0 fully saturated rings. The van der Waals surface area contributed by atoms with Gasteiger partial charge in [0.1, 0.15) is 6.16 Å². The van der Waals surface area contributed by atoms with Gasteiger partial charge < -0.3 is 5.73 Å². The highest BCUT2D eigenvalue weighted by molar-refractivity contribution is 7.82. The molecule has 0 spiro atoms. The predicted octanol–water partition coefficient (Wildman–Crippen LogP) is 1.10. The van der Waals surface area contributed by atoms with E-state index in [9.17, 15) is 19.9 Å². The van der Waals surface area contributed by atoms with Crippen molar-refractivity contribution in [2.45, 2.75) is 6.42 Å². The van der Waals surface area contributed by atoms with Crippen molar-refractivity contribution >= 4 is 18.9 Å². The van der Waals surface area contributed by atoms with Crippen LogP contribution < -0.4 is 5.73 Å². The average Bonchev–Trinajstić information content (AvgIpc) is 2.35. The Hall–Kier alpha value is -1.40. The number of nitrogens with one attached hydrogen (secondary N) is 1. The lowest BCUT2D eigenvalue weighted by atomic mass is 10.2. The largest absolute Gasteiger partial charge is 0.330 e. The maximum absolute atomic E-state index is 10.6. The fraction of sp³-hybridized carbons (Fsp3) is 0.300. The van der Waals surface area contributed by atoms with Gasteiger partial charge >= 0.3 is 7.72 Å². The number of hydrogen-bond donors (Lipinski definition) is 4. The van der Waals surface area contributed by atoms with E-state index in [0.29, 0.717) is 13.0 Å². The Kier molecular flexibility index (Phi) is 4.86. The van der Waals surface area contributed by atoms with Crippen LogP contribution in [0.15, 0.2) is 24.3 Å². The number of nitrogens with two attached hydrogens (primary N) is 1. The van der Waals surface area contributed by atoms with Crippen LogP contribution in [-0.4, -0.2) is 32.9 Å². The first-order chi connectivity index (χ1) is 8.38. The molecule has 0 aromatic heterocycles. The molecule has 0 heterocycles. The van der Waals surface area contributed by atoms with E-state index in [0.717, 1.165) is 6.07 Å². The van der Waals surface area contributed by atoms with E-state index in [4.69, 9.17) is 11.1 Å². The Morgan fingerprint density at radius 1 is 1.50 bits per heavy atom. The van der Waals surface area contributed by atoms with Crippen LogP contribution >= 0.6 is 7.72 Å². The Morgan fingerprint density at radius 3 is 2.72 bits per heavy atom. The van der Waals surface area contributed by atoms with E-state index in [-0.39, 0.29) is 22.9 Å². The Bertz CT molecular complexity index is 464. The summed E-state index contributed by atoms with van der Waals surface area (Å²) >= 11 is 0. The van der Waals surface area contributed by atoms with Gasteiger partial charge in [-0.1, -0.05) is 6.07 Å². The van der Waals surface area contributed by atoms with E-state index < -0.39 is 12.6 Å². The quantitative estimate of drug-likeness (QED) is 0.266. The van der Waals surface area contributed by atoms with Crippen LogP contribution in [0.4, 0.5) is 5.69 Å². The zero-order chi connectivity index (χ0) is 13.8. The van der Waals surface area contributed by atoms with Crippen LogP contribution in [0.3, 0.4) is 0 Å². The summed E-state index contributed by atoms with van der Waals surface area (Å²) < 4.78 is 0. The molecule has 8 heteroatoms. The zero-order valence-corrected chi connectivity index (χ0v) is 10.5. The molecule has 0 atom stereocenters. The van der Waals surface area contributed by atoms with Crippen molar-refractivity contribution in [2.75, 3.05) is 12.7 Å². The van der Waals surface area contributed by atoms with Crippen LogP contribution in [0.5, 0.6) is 0 Å². The van der Waals surface area contributed by atoms with E-state index in [1.54, 1.807) is 0 Å². The number of nitrogens with zero attached hydrogens (tertiary/aromatic N) is 1. The molecular weight excluding hydrogens is 257 g/mol. The van der Waals surface area contributed by atoms with Gasteiger partial charge in [0.25, 0.3) is 5.69 Å². The second kappa shape index (κ2) is 5.97. The molecule has 0 saturated heterocycles. The summed E-state index contributed by atoms with van der Waals surface area (Å²) in [5.74, 6) is 0. The highest BCUT2D eigenvalue weighted by Gasteiger charge is 2.40. The number of nitro benzene ring substituents is 1. The standard InChI is InChI=1S/C10H15N3O4P/c11-5-2-6-18(16,17)10(12)8-3-1-4-9(7-8)13(14)15/h1,3-4,7,12,16-17H,2,5-6,11H2/q+1. The molecule has 5 N–H and O–H groups in total. The van der Waals surface area contributed by atoms with Crippen molar-refractivity contribution in [3.63, 3.8) is 0 Å². The van der Waals surface area contributed by atoms with Crippen molar-refractivity contribution in [1.29, 1.82) is 5.41 Å². The molecular formula is C10H15N3O4P+. The molecule has 18 heavy (non-hydrogen) atoms. The maximum atomic E-state index is 10.6. The number of non-ortho nitro benzene ring substituents is 1. The first kappa shape index (κ1) is 14.7. The molecule has 98 valence electrons. The minimum absolute atomic E-state index is 0.0189. The second-order valence-electron chi connectivity index (χ2n) is 3.75. The summed E-state index contributed by atoms with van der Waals surface area (Å²) in [6, 6.07) is 5.29. The first-order valence-corrected chi connectivity index (χ1v) is 7.14. The van der Waals surface area contributed by atoms with Gasteiger partial charge in [-0.2, -0.15) is 0 Å². The van der Waals surface area contributed by atoms with Gasteiger partial charge in [0.2, 0.25) is 5.45 Å². The molecule has 0 bridgehead atoms. The number of nitro groups is 1. The Balaban J connectivity index is 2.96. The molecule has 0 saturated carbocycles. The Labute approximate surface area is 104 Å². The van der Waals surface area contributed by atoms with E-state index in [1.807, 2.05) is 0 Å². The topological polar surface area (TPSA) is 133 Å². The van der Waals surface area contributed by atoms with Crippen molar-refractivity contribution in [1.82, 2.24) is 0 Å². The van der Waals surface area contributed by atoms with Crippen molar-refractivity contribution < 1.29 is 14.7 Å². The normalized spacial score (nSPS) is 11.3. The molecule has 0 radical (unpaired) electrons. The third kappa shape index (κ3) is 3.54. The number of rotatable bonds is 6. The highest BCUT2D eigenvalue weighted by Crippen LogP contribution is 2.53. The molecule has 7 nitrogen and oxygen atoms in total. The summed E-state index contributed by atoms with van der Waals surface area (Å²) in [4.78, 5) is 29.6. The fourth-order valence-electron chi connectivity index (χ4n) is 1.40. The van der Waals surface area contributed by atoms with Gasteiger partial charge in [-0.05, 0) is 19.0 Å². The lowest BCUT2D eigenvalue weighted by Gasteiger charge is -2.12. The van der Waals surface area contributed by atoms with Crippen LogP contribution in [0, 0.1) is 15.5 Å². The maximum Gasteiger partial charge on any atom is 0.318 e. The average molecular weight is 272 g/mol. The van der Waals surface area contributed by atoms with Gasteiger partial charge in [-0.3, -0.25) is 15.5 Å². The van der Waals surface area contributed by atoms with Gasteiger partial charge in [0, 0.05) is 17.7 Å². The van der Waals surface area contributed by atoms with Crippen LogP contribution in [0.2, 0.25) is 0 Å². The van der Waals surface area contributed by atoms with Gasteiger partial charge in [0.05, 0.1) is 4.92 Å². The van der Waals surface area contributed by atoms with E-state index >= 15 is 0 Å². The number of hydrogen-bond acceptors (Lipinski definition) is 6. The predicted molar refractivity (Wildman–Crippen MR) is 69.8 cm³/mol. The van der Waals surface area contributed by atoms with Crippen molar-refractivity contribution in [3.05, 3.63) is 39.9 Å². The summed E-state index contributed by atoms with van der Waals surface area (Å²) in [7, 11) is -3.54. The third-order valence-electron chi connectivity index (χ3n) is 2.36. The van der Waals surface area contributed by atoms with Gasteiger partial charge in [-0.15, -0.1) is 0 Å². The van der Waals surface area contributed by atoms with Crippen LogP contribution in [0.1, 0.15) is 12.0 Å². The van der Waals surface area contributed by atoms with Crippen LogP contribution in [0.25, 0.3) is 0 Å². The molecule has 1 aromatic carbocycles. The monoisotopic (exact) mass is 272 g/mol. The van der Waals surface area contributed by atoms with E-state index in [1.165, 1.54) is 18.2 Å². The molecule has 0 aliphatic carbocycles. The Morgan fingerprint density at radius 2 is 2.17 bits per heavy atom. The van der Waals surface area contributed by atoms with Crippen LogP contribution in [-0.2, 0) is 0 Å². The third-order valence-corrected chi connectivity index (χ3v) is 4.28.